The smallest absolute Gasteiger partial charge is 0.163 e. The molecule has 1 aromatic rings. The number of aromatic nitrogens is 3. The Hall–Kier alpha value is -0.940. The van der Waals surface area contributed by atoms with Crippen molar-refractivity contribution in [3.05, 3.63) is 12.2 Å². The van der Waals surface area contributed by atoms with Gasteiger partial charge in [0.2, 0.25) is 0 Å². The van der Waals surface area contributed by atoms with Crippen LogP contribution in [0.25, 0.3) is 0 Å². The van der Waals surface area contributed by atoms with Gasteiger partial charge < -0.3 is 9.30 Å². The molecule has 5 nitrogen and oxygen atoms in total. The molecule has 3 atom stereocenters. The van der Waals surface area contributed by atoms with Gasteiger partial charge in [-0.1, -0.05) is 26.2 Å². The molecule has 0 N–H and O–H groups in total. The highest BCUT2D eigenvalue weighted by molar-refractivity contribution is 4.94. The first-order valence-electron chi connectivity index (χ1n) is 8.40. The zero-order valence-electron chi connectivity index (χ0n) is 13.4. The van der Waals surface area contributed by atoms with Crippen molar-refractivity contribution in [1.29, 1.82) is 0 Å². The lowest BCUT2D eigenvalue weighted by atomic mass is 9.81. The predicted octanol–water partition coefficient (Wildman–Crippen LogP) is 2.40. The minimum atomic E-state index is 0.0801. The molecular formula is C16H28N4O. The first kappa shape index (κ1) is 15.0. The van der Waals surface area contributed by atoms with Gasteiger partial charge in [-0.25, -0.2) is 0 Å². The highest BCUT2D eigenvalue weighted by atomic mass is 16.5. The van der Waals surface area contributed by atoms with Gasteiger partial charge in [-0.2, -0.15) is 0 Å². The predicted molar refractivity (Wildman–Crippen MR) is 81.9 cm³/mol. The van der Waals surface area contributed by atoms with Crippen LogP contribution in [0.15, 0.2) is 6.33 Å². The van der Waals surface area contributed by atoms with Crippen LogP contribution in [0.4, 0.5) is 0 Å². The maximum atomic E-state index is 5.88. The van der Waals surface area contributed by atoms with Gasteiger partial charge in [0.1, 0.15) is 12.4 Å². The van der Waals surface area contributed by atoms with E-state index in [9.17, 15) is 0 Å². The molecule has 2 fully saturated rings. The third-order valence-corrected chi connectivity index (χ3v) is 5.08. The number of aryl methyl sites for hydroxylation is 1. The fraction of sp³-hybridized carbons (Fsp3) is 0.875. The summed E-state index contributed by atoms with van der Waals surface area (Å²) in [5, 5.41) is 8.16. The average molecular weight is 292 g/mol. The molecule has 0 bridgehead atoms. The van der Waals surface area contributed by atoms with Crippen LogP contribution < -0.4 is 0 Å². The molecule has 2 aliphatic rings. The molecule has 1 aromatic heterocycles. The lowest BCUT2D eigenvalue weighted by Crippen LogP contribution is -2.40. The van der Waals surface area contributed by atoms with Gasteiger partial charge in [0.25, 0.3) is 0 Å². The van der Waals surface area contributed by atoms with Crippen LogP contribution in [-0.4, -0.2) is 45.9 Å². The Morgan fingerprint density at radius 3 is 3.05 bits per heavy atom. The van der Waals surface area contributed by atoms with Crippen LogP contribution in [0.5, 0.6) is 0 Å². The van der Waals surface area contributed by atoms with Crippen molar-refractivity contribution in [2.75, 3.05) is 26.2 Å². The van der Waals surface area contributed by atoms with Gasteiger partial charge in [-0.05, 0) is 31.2 Å². The van der Waals surface area contributed by atoms with Crippen LogP contribution in [-0.2, 0) is 11.8 Å². The Morgan fingerprint density at radius 1 is 1.38 bits per heavy atom. The standard InChI is InChI=1S/C16H28N4O/c1-13-4-3-5-14(10-13)6-7-20-8-9-21-15(11-20)16-18-17-12-19(16)2/h12-15H,3-11H2,1-2H3/t13-,14-,15+/m1/s1. The largest absolute Gasteiger partial charge is 0.368 e. The van der Waals surface area contributed by atoms with Crippen LogP contribution >= 0.6 is 0 Å². The van der Waals surface area contributed by atoms with Crippen molar-refractivity contribution in [3.8, 4) is 0 Å². The molecule has 1 aliphatic carbocycles. The average Bonchev–Trinajstić information content (AvgIpc) is 2.92. The number of hydrogen-bond donors (Lipinski definition) is 0. The van der Waals surface area contributed by atoms with Crippen molar-refractivity contribution in [1.82, 2.24) is 19.7 Å². The van der Waals surface area contributed by atoms with Crippen LogP contribution in [0.3, 0.4) is 0 Å². The summed E-state index contributed by atoms with van der Waals surface area (Å²) in [6.07, 6.45) is 8.89. The van der Waals surface area contributed by atoms with E-state index in [4.69, 9.17) is 4.74 Å². The first-order valence-corrected chi connectivity index (χ1v) is 8.40. The molecule has 21 heavy (non-hydrogen) atoms. The fourth-order valence-electron chi connectivity index (χ4n) is 3.83. The van der Waals surface area contributed by atoms with Crippen LogP contribution in [0, 0.1) is 11.8 Å². The van der Waals surface area contributed by atoms with E-state index in [-0.39, 0.29) is 6.10 Å². The van der Waals surface area contributed by atoms with Crippen molar-refractivity contribution >= 4 is 0 Å². The number of rotatable bonds is 4. The van der Waals surface area contributed by atoms with Crippen molar-refractivity contribution in [3.63, 3.8) is 0 Å². The normalized spacial score (nSPS) is 31.4. The molecular weight excluding hydrogens is 264 g/mol. The van der Waals surface area contributed by atoms with E-state index < -0.39 is 0 Å². The number of hydrogen-bond acceptors (Lipinski definition) is 4. The van der Waals surface area contributed by atoms with Crippen molar-refractivity contribution in [2.45, 2.75) is 45.1 Å². The topological polar surface area (TPSA) is 43.2 Å². The summed E-state index contributed by atoms with van der Waals surface area (Å²) in [4.78, 5) is 2.54. The Balaban J connectivity index is 1.49. The minimum Gasteiger partial charge on any atom is -0.368 e. The Morgan fingerprint density at radius 2 is 2.29 bits per heavy atom. The zero-order chi connectivity index (χ0) is 14.7. The summed E-state index contributed by atoms with van der Waals surface area (Å²) in [5.41, 5.74) is 0. The van der Waals surface area contributed by atoms with E-state index >= 15 is 0 Å². The van der Waals surface area contributed by atoms with E-state index in [0.29, 0.717) is 0 Å². The Kier molecular flexibility index (Phi) is 4.91. The van der Waals surface area contributed by atoms with Crippen LogP contribution in [0.1, 0.15) is 51.0 Å². The summed E-state index contributed by atoms with van der Waals surface area (Å²) >= 11 is 0. The molecule has 0 amide bonds. The molecule has 5 heteroatoms. The fourth-order valence-corrected chi connectivity index (χ4v) is 3.83. The molecule has 0 aromatic carbocycles. The lowest BCUT2D eigenvalue weighted by molar-refractivity contribution is -0.0375. The van der Waals surface area contributed by atoms with Gasteiger partial charge in [0.05, 0.1) is 6.61 Å². The Labute approximate surface area is 127 Å². The SMILES string of the molecule is C[C@@H]1CCC[C@H](CCN2CCO[C@H](c3nncn3C)C2)C1. The van der Waals surface area contributed by atoms with E-state index in [1.54, 1.807) is 6.33 Å². The summed E-state index contributed by atoms with van der Waals surface area (Å²) in [6.45, 7) is 6.42. The molecule has 1 saturated heterocycles. The van der Waals surface area contributed by atoms with Gasteiger partial charge in [-0.3, -0.25) is 4.90 Å². The monoisotopic (exact) mass is 292 g/mol. The molecule has 2 heterocycles. The quantitative estimate of drug-likeness (QED) is 0.855. The molecule has 3 rings (SSSR count). The number of ether oxygens (including phenoxy) is 1. The van der Waals surface area contributed by atoms with E-state index in [0.717, 1.165) is 37.4 Å². The van der Waals surface area contributed by atoms with Gasteiger partial charge >= 0.3 is 0 Å². The van der Waals surface area contributed by atoms with E-state index in [1.807, 2.05) is 11.6 Å². The highest BCUT2D eigenvalue weighted by Gasteiger charge is 2.26. The van der Waals surface area contributed by atoms with E-state index in [1.165, 1.54) is 38.6 Å². The Bertz CT molecular complexity index is 447. The second-order valence-electron chi connectivity index (χ2n) is 6.89. The van der Waals surface area contributed by atoms with Crippen LogP contribution in [0.2, 0.25) is 0 Å². The third kappa shape index (κ3) is 3.83. The molecule has 0 unspecified atom stereocenters. The maximum absolute atomic E-state index is 5.88. The summed E-state index contributed by atoms with van der Waals surface area (Å²) in [6, 6.07) is 0. The zero-order valence-corrected chi connectivity index (χ0v) is 13.4. The molecule has 1 saturated carbocycles. The third-order valence-electron chi connectivity index (χ3n) is 5.08. The lowest BCUT2D eigenvalue weighted by Gasteiger charge is -2.34. The minimum absolute atomic E-state index is 0.0801. The summed E-state index contributed by atoms with van der Waals surface area (Å²) < 4.78 is 7.85. The molecule has 0 radical (unpaired) electrons. The van der Waals surface area contributed by atoms with Crippen molar-refractivity contribution in [2.24, 2.45) is 18.9 Å². The maximum Gasteiger partial charge on any atom is 0.163 e. The summed E-state index contributed by atoms with van der Waals surface area (Å²) in [7, 11) is 1.99. The van der Waals surface area contributed by atoms with Gasteiger partial charge in [-0.15, -0.1) is 10.2 Å². The molecule has 0 spiro atoms. The molecule has 118 valence electrons. The second kappa shape index (κ2) is 6.88. The van der Waals surface area contributed by atoms with Gasteiger partial charge in [0, 0.05) is 20.1 Å². The second-order valence-corrected chi connectivity index (χ2v) is 6.89. The summed E-state index contributed by atoms with van der Waals surface area (Å²) in [5.74, 6) is 2.82. The number of morpholine rings is 1. The van der Waals surface area contributed by atoms with Crippen molar-refractivity contribution < 1.29 is 4.74 Å². The highest BCUT2D eigenvalue weighted by Crippen LogP contribution is 2.31. The number of nitrogens with zero attached hydrogens (tertiary/aromatic N) is 4. The molecule has 1 aliphatic heterocycles. The van der Waals surface area contributed by atoms with E-state index in [2.05, 4.69) is 22.0 Å². The van der Waals surface area contributed by atoms with Gasteiger partial charge in [0.15, 0.2) is 5.82 Å². The first-order chi connectivity index (χ1) is 10.2.